The monoisotopic (exact) mass is 607 g/mol. The van der Waals surface area contributed by atoms with E-state index < -0.39 is 29.9 Å². The average molecular weight is 608 g/mol. The van der Waals surface area contributed by atoms with E-state index in [4.69, 9.17) is 27.1 Å². The molecule has 44 heavy (non-hydrogen) atoms. The fourth-order valence-corrected chi connectivity index (χ4v) is 4.94. The predicted octanol–water partition coefficient (Wildman–Crippen LogP) is 1.59. The van der Waals surface area contributed by atoms with E-state index in [1.807, 2.05) is 44.2 Å². The molecule has 0 bridgehead atoms. The second-order valence-electron chi connectivity index (χ2n) is 11.0. The second kappa shape index (κ2) is 17.0. The van der Waals surface area contributed by atoms with Gasteiger partial charge in [0.1, 0.15) is 17.8 Å². The highest BCUT2D eigenvalue weighted by Crippen LogP contribution is 2.23. The molecule has 3 aromatic rings. The molecule has 0 aliphatic heterocycles. The molecule has 0 radical (unpaired) electrons. The van der Waals surface area contributed by atoms with Crippen molar-refractivity contribution in [2.75, 3.05) is 13.1 Å². The summed E-state index contributed by atoms with van der Waals surface area (Å²) in [6.45, 7) is 4.58. The zero-order valence-corrected chi connectivity index (χ0v) is 25.4. The summed E-state index contributed by atoms with van der Waals surface area (Å²) in [4.78, 5) is 31.6. The molecule has 0 aliphatic carbocycles. The molecule has 0 fully saturated rings. The van der Waals surface area contributed by atoms with Crippen molar-refractivity contribution in [3.63, 3.8) is 0 Å². The topological polar surface area (TPSA) is 231 Å². The lowest BCUT2D eigenvalue weighted by molar-refractivity contribution is -0.130. The maximum atomic E-state index is 13.9. The third kappa shape index (κ3) is 10.7. The Balaban J connectivity index is 1.81. The molecule has 1 aromatic heterocycles. The molecular weight excluding hydrogens is 562 g/mol. The van der Waals surface area contributed by atoms with E-state index in [-0.39, 0.29) is 24.0 Å². The Hall–Kier alpha value is -4.49. The Morgan fingerprint density at radius 2 is 1.73 bits per heavy atom. The molecule has 1 heterocycles. The van der Waals surface area contributed by atoms with Gasteiger partial charge in [-0.25, -0.2) is 0 Å². The summed E-state index contributed by atoms with van der Waals surface area (Å²) in [5.74, 6) is -0.180. The molecule has 13 heteroatoms. The zero-order chi connectivity index (χ0) is 32.1. The second-order valence-corrected chi connectivity index (χ2v) is 11.0. The van der Waals surface area contributed by atoms with Crippen LogP contribution in [0.1, 0.15) is 72.1 Å². The number of phenols is 1. The first-order valence-electron chi connectivity index (χ1n) is 14.9. The zero-order valence-electron chi connectivity index (χ0n) is 25.4. The summed E-state index contributed by atoms with van der Waals surface area (Å²) >= 11 is 0. The van der Waals surface area contributed by atoms with Gasteiger partial charge >= 0.3 is 0 Å². The van der Waals surface area contributed by atoms with Gasteiger partial charge in [0.05, 0.1) is 6.04 Å². The van der Waals surface area contributed by atoms with Crippen molar-refractivity contribution in [1.82, 2.24) is 26.1 Å². The number of benzene rings is 2. The van der Waals surface area contributed by atoms with Crippen molar-refractivity contribution in [3.8, 4) is 5.75 Å². The number of aryl methyl sites for hydroxylation is 2. The number of carbonyl (C=O) groups excluding carboxylic acids is 2. The Morgan fingerprint density at radius 1 is 1.02 bits per heavy atom. The minimum atomic E-state index is -0.977. The number of aromatic hydroxyl groups is 1. The van der Waals surface area contributed by atoms with Gasteiger partial charge in [-0.3, -0.25) is 15.0 Å². The molecule has 3 rings (SSSR count). The third-order valence-electron chi connectivity index (χ3n) is 7.32. The summed E-state index contributed by atoms with van der Waals surface area (Å²) in [6.07, 6.45) is 3.45. The fourth-order valence-electron chi connectivity index (χ4n) is 4.94. The van der Waals surface area contributed by atoms with Crippen molar-refractivity contribution in [3.05, 3.63) is 76.4 Å². The molecule has 0 saturated heterocycles. The number of hydrogen-bond donors (Lipinski definition) is 8. The van der Waals surface area contributed by atoms with Gasteiger partial charge in [-0.2, -0.15) is 4.98 Å². The molecule has 0 unspecified atom stereocenters. The molecule has 0 spiro atoms. The summed E-state index contributed by atoms with van der Waals surface area (Å²) in [6, 6.07) is 10.5. The smallest absolute Gasteiger partial charge is 0.249 e. The number of nitrogens with zero attached hydrogens (tertiary/aromatic N) is 2. The Kier molecular flexibility index (Phi) is 13.1. The lowest BCUT2D eigenvalue weighted by atomic mass is 9.95. The highest BCUT2D eigenvalue weighted by molar-refractivity contribution is 5.90. The standard InChI is InChI=1S/C31H45N9O4/c1-19-15-22(41)16-20(2)23(19)18-26(38-28(42)24(33)11-8-14-36-31(34)35)29(43)37-25(12-6-7-13-32)30-39-27(40-44-30)17-21-9-4-3-5-10-21/h3-5,9-10,15-16,24-26,41H,6-8,11-14,17-18,32-33H2,1-2H3,(H,37,43)(H,38,42)(H4,34,35,36)/t24-,25+,26+/m1/s1. The molecule has 13 nitrogen and oxygen atoms in total. The number of phenolic OH excluding ortho intramolecular Hbond substituents is 1. The van der Waals surface area contributed by atoms with Crippen molar-refractivity contribution >= 4 is 17.8 Å². The molecule has 3 atom stereocenters. The number of carbonyl (C=O) groups is 2. The van der Waals surface area contributed by atoms with Gasteiger partial charge in [-0.05, 0) is 86.9 Å². The number of aromatic nitrogens is 2. The summed E-state index contributed by atoms with van der Waals surface area (Å²) in [5, 5.41) is 30.0. The average Bonchev–Trinajstić information content (AvgIpc) is 3.44. The van der Waals surface area contributed by atoms with Crippen LogP contribution in [0.4, 0.5) is 0 Å². The fraction of sp³-hybridized carbons (Fsp3) is 0.452. The minimum absolute atomic E-state index is 0.123. The summed E-state index contributed by atoms with van der Waals surface area (Å²) < 4.78 is 5.60. The molecule has 0 aliphatic rings. The van der Waals surface area contributed by atoms with E-state index in [1.165, 1.54) is 0 Å². The van der Waals surface area contributed by atoms with Crippen molar-refractivity contribution < 1.29 is 19.2 Å². The van der Waals surface area contributed by atoms with Crippen LogP contribution < -0.4 is 33.2 Å². The van der Waals surface area contributed by atoms with Gasteiger partial charge in [0.25, 0.3) is 0 Å². The van der Waals surface area contributed by atoms with Crippen molar-refractivity contribution in [2.45, 2.75) is 76.9 Å². The number of hydrogen-bond acceptors (Lipinski definition) is 9. The largest absolute Gasteiger partial charge is 0.508 e. The van der Waals surface area contributed by atoms with Crippen LogP contribution in [0.3, 0.4) is 0 Å². The molecule has 2 aromatic carbocycles. The molecule has 2 amide bonds. The third-order valence-corrected chi connectivity index (χ3v) is 7.32. The minimum Gasteiger partial charge on any atom is -0.508 e. The van der Waals surface area contributed by atoms with Crippen molar-refractivity contribution in [2.24, 2.45) is 17.2 Å². The molecule has 0 saturated carbocycles. The van der Waals surface area contributed by atoms with Gasteiger partial charge in [-0.15, -0.1) is 0 Å². The first-order chi connectivity index (χ1) is 21.1. The first kappa shape index (κ1) is 34.0. The SMILES string of the molecule is Cc1cc(O)cc(C)c1C[C@H](NC(=O)[C@H](N)CCCNC(=N)N)C(=O)N[C@@H](CCCCN)c1nc(Cc2ccccc2)no1. The first-order valence-corrected chi connectivity index (χ1v) is 14.9. The van der Waals surface area contributed by atoms with Gasteiger partial charge in [0, 0.05) is 19.4 Å². The Morgan fingerprint density at radius 3 is 2.39 bits per heavy atom. The lowest BCUT2D eigenvalue weighted by Crippen LogP contribution is -2.53. The predicted molar refractivity (Wildman–Crippen MR) is 168 cm³/mol. The van der Waals surface area contributed by atoms with Gasteiger partial charge in [-0.1, -0.05) is 35.5 Å². The van der Waals surface area contributed by atoms with E-state index in [0.717, 1.165) is 28.7 Å². The van der Waals surface area contributed by atoms with Crippen LogP contribution in [0, 0.1) is 19.3 Å². The van der Waals surface area contributed by atoms with Crippen LogP contribution in [-0.2, 0) is 22.4 Å². The number of unbranched alkanes of at least 4 members (excludes halogenated alkanes) is 1. The van der Waals surface area contributed by atoms with E-state index in [2.05, 4.69) is 26.1 Å². The maximum absolute atomic E-state index is 13.9. The van der Waals surface area contributed by atoms with E-state index in [1.54, 1.807) is 12.1 Å². The number of guanidine groups is 1. The van der Waals surface area contributed by atoms with E-state index >= 15 is 0 Å². The molecule has 11 N–H and O–H groups in total. The summed E-state index contributed by atoms with van der Waals surface area (Å²) in [5.41, 5.74) is 20.6. The van der Waals surface area contributed by atoms with E-state index in [9.17, 15) is 14.7 Å². The highest BCUT2D eigenvalue weighted by Gasteiger charge is 2.29. The normalized spacial score (nSPS) is 13.1. The number of nitrogens with two attached hydrogens (primary N) is 3. The number of rotatable bonds is 17. The van der Waals surface area contributed by atoms with Crippen LogP contribution in [0.5, 0.6) is 5.75 Å². The number of nitrogens with one attached hydrogen (secondary N) is 4. The van der Waals surface area contributed by atoms with Crippen LogP contribution >= 0.6 is 0 Å². The Bertz CT molecular complexity index is 1360. The number of amides is 2. The maximum Gasteiger partial charge on any atom is 0.249 e. The Labute approximate surface area is 257 Å². The quantitative estimate of drug-likeness (QED) is 0.0627. The molecule has 238 valence electrons. The highest BCUT2D eigenvalue weighted by atomic mass is 16.5. The van der Waals surface area contributed by atoms with Crippen LogP contribution in [0.2, 0.25) is 0 Å². The van der Waals surface area contributed by atoms with Crippen LogP contribution in [0.15, 0.2) is 47.0 Å². The van der Waals surface area contributed by atoms with Gasteiger partial charge < -0.3 is 42.8 Å². The summed E-state index contributed by atoms with van der Waals surface area (Å²) in [7, 11) is 0. The lowest BCUT2D eigenvalue weighted by Gasteiger charge is -2.24. The van der Waals surface area contributed by atoms with Crippen molar-refractivity contribution in [1.29, 1.82) is 5.41 Å². The van der Waals surface area contributed by atoms with Gasteiger partial charge in [0.15, 0.2) is 11.8 Å². The molecular formula is C31H45N9O4. The van der Waals surface area contributed by atoms with Crippen LogP contribution in [0.25, 0.3) is 0 Å². The van der Waals surface area contributed by atoms with Gasteiger partial charge in [0.2, 0.25) is 17.7 Å². The van der Waals surface area contributed by atoms with E-state index in [0.29, 0.717) is 51.0 Å². The van der Waals surface area contributed by atoms with Crippen LogP contribution in [-0.4, -0.2) is 58.2 Å².